The van der Waals surface area contributed by atoms with Crippen molar-refractivity contribution in [2.24, 2.45) is 5.73 Å². The van der Waals surface area contributed by atoms with Crippen molar-refractivity contribution in [2.45, 2.75) is 0 Å². The molecule has 0 aliphatic carbocycles. The fourth-order valence-electron chi connectivity index (χ4n) is 1.40. The van der Waals surface area contributed by atoms with Gasteiger partial charge in [-0.1, -0.05) is 12.1 Å². The van der Waals surface area contributed by atoms with Gasteiger partial charge in [-0.25, -0.2) is 0 Å². The Hall–Kier alpha value is -1.24. The smallest absolute Gasteiger partial charge is 0.234 e. The van der Waals surface area contributed by atoms with Crippen LogP contribution in [0.3, 0.4) is 0 Å². The normalized spacial score (nSPS) is 10.2. The third-order valence-corrected chi connectivity index (χ3v) is 3.17. The van der Waals surface area contributed by atoms with Crippen LogP contribution >= 0.6 is 11.8 Å². The topological polar surface area (TPSA) is 73.6 Å². The third-order valence-electron chi connectivity index (χ3n) is 2.25. The number of anilines is 1. The summed E-state index contributed by atoms with van der Waals surface area (Å²) < 4.78 is 10.4. The Kier molecular flexibility index (Phi) is 8.04. The molecule has 1 amide bonds. The molecule has 0 spiro atoms. The Balaban J connectivity index is 2.23. The van der Waals surface area contributed by atoms with E-state index < -0.39 is 0 Å². The second kappa shape index (κ2) is 9.66. The van der Waals surface area contributed by atoms with Gasteiger partial charge >= 0.3 is 0 Å². The molecule has 0 aromatic heterocycles. The molecule has 19 heavy (non-hydrogen) atoms. The predicted molar refractivity (Wildman–Crippen MR) is 78.8 cm³/mol. The van der Waals surface area contributed by atoms with Crippen LogP contribution in [-0.2, 0) is 9.53 Å². The van der Waals surface area contributed by atoms with E-state index in [-0.39, 0.29) is 5.91 Å². The molecule has 0 radical (unpaired) electrons. The van der Waals surface area contributed by atoms with Crippen LogP contribution < -0.4 is 15.8 Å². The second-order valence-corrected chi connectivity index (χ2v) is 4.81. The minimum atomic E-state index is -0.0478. The molecule has 0 saturated carbocycles. The maximum atomic E-state index is 11.7. The number of benzene rings is 1. The first kappa shape index (κ1) is 15.8. The van der Waals surface area contributed by atoms with Gasteiger partial charge in [-0.3, -0.25) is 4.79 Å². The van der Waals surface area contributed by atoms with E-state index in [1.165, 1.54) is 11.8 Å². The zero-order chi connectivity index (χ0) is 13.9. The van der Waals surface area contributed by atoms with Gasteiger partial charge in [0.2, 0.25) is 5.91 Å². The number of hydrogen-bond donors (Lipinski definition) is 2. The van der Waals surface area contributed by atoms with Crippen molar-refractivity contribution >= 4 is 23.4 Å². The van der Waals surface area contributed by atoms with Crippen molar-refractivity contribution in [1.82, 2.24) is 0 Å². The van der Waals surface area contributed by atoms with Gasteiger partial charge in [-0.15, -0.1) is 11.8 Å². The lowest BCUT2D eigenvalue weighted by molar-refractivity contribution is -0.113. The minimum absolute atomic E-state index is 0.0478. The summed E-state index contributed by atoms with van der Waals surface area (Å²) in [6.07, 6.45) is 0. The molecule has 1 aromatic rings. The fraction of sp³-hybridized carbons (Fsp3) is 0.462. The van der Waals surface area contributed by atoms with Crippen molar-refractivity contribution in [1.29, 1.82) is 0 Å². The number of carbonyl (C=O) groups is 1. The summed E-state index contributed by atoms with van der Waals surface area (Å²) in [7, 11) is 1.58. The minimum Gasteiger partial charge on any atom is -0.495 e. The lowest BCUT2D eigenvalue weighted by atomic mass is 10.3. The number of para-hydroxylation sites is 2. The summed E-state index contributed by atoms with van der Waals surface area (Å²) in [6.45, 7) is 1.71. The molecule has 0 heterocycles. The van der Waals surface area contributed by atoms with E-state index in [0.29, 0.717) is 36.9 Å². The summed E-state index contributed by atoms with van der Waals surface area (Å²) in [5.41, 5.74) is 5.99. The molecule has 0 fully saturated rings. The lowest BCUT2D eigenvalue weighted by Gasteiger charge is -2.09. The van der Waals surface area contributed by atoms with E-state index in [2.05, 4.69) is 5.32 Å². The Labute approximate surface area is 117 Å². The van der Waals surface area contributed by atoms with Crippen LogP contribution in [0, 0.1) is 0 Å². The lowest BCUT2D eigenvalue weighted by Crippen LogP contribution is -2.16. The average Bonchev–Trinajstić information content (AvgIpc) is 2.43. The first-order valence-electron chi connectivity index (χ1n) is 6.06. The Bertz CT molecular complexity index is 388. The van der Waals surface area contributed by atoms with Crippen LogP contribution in [0.5, 0.6) is 5.75 Å². The van der Waals surface area contributed by atoms with Gasteiger partial charge in [0.25, 0.3) is 0 Å². The van der Waals surface area contributed by atoms with Crippen molar-refractivity contribution < 1.29 is 14.3 Å². The summed E-state index contributed by atoms with van der Waals surface area (Å²) in [5, 5.41) is 2.82. The molecule has 0 saturated heterocycles. The zero-order valence-corrected chi connectivity index (χ0v) is 11.9. The van der Waals surface area contributed by atoms with Crippen LogP contribution in [0.4, 0.5) is 5.69 Å². The molecule has 1 rings (SSSR count). The largest absolute Gasteiger partial charge is 0.495 e. The monoisotopic (exact) mass is 284 g/mol. The Morgan fingerprint density at radius 1 is 1.37 bits per heavy atom. The number of amides is 1. The fourth-order valence-corrected chi connectivity index (χ4v) is 2.04. The number of hydrogen-bond acceptors (Lipinski definition) is 5. The van der Waals surface area contributed by atoms with Crippen molar-refractivity contribution in [2.75, 3.05) is 43.7 Å². The van der Waals surface area contributed by atoms with Gasteiger partial charge in [0.05, 0.1) is 31.8 Å². The first-order valence-corrected chi connectivity index (χ1v) is 7.22. The average molecular weight is 284 g/mol. The van der Waals surface area contributed by atoms with Crippen molar-refractivity contribution in [3.05, 3.63) is 24.3 Å². The highest BCUT2D eigenvalue weighted by atomic mass is 32.2. The highest BCUT2D eigenvalue weighted by Crippen LogP contribution is 2.23. The SMILES string of the molecule is COc1ccccc1NC(=O)CSCCOCCN. The summed E-state index contributed by atoms with van der Waals surface area (Å²) in [4.78, 5) is 11.7. The van der Waals surface area contributed by atoms with Crippen LogP contribution in [0.2, 0.25) is 0 Å². The number of nitrogens with one attached hydrogen (secondary N) is 1. The maximum absolute atomic E-state index is 11.7. The van der Waals surface area contributed by atoms with Gasteiger partial charge in [0, 0.05) is 12.3 Å². The molecule has 6 heteroatoms. The van der Waals surface area contributed by atoms with Crippen LogP contribution in [0.1, 0.15) is 0 Å². The van der Waals surface area contributed by atoms with E-state index in [1.807, 2.05) is 24.3 Å². The molecule has 3 N–H and O–H groups in total. The van der Waals surface area contributed by atoms with Crippen LogP contribution in [-0.4, -0.2) is 44.3 Å². The number of methoxy groups -OCH3 is 1. The molecule has 0 bridgehead atoms. The number of nitrogens with two attached hydrogens (primary N) is 1. The van der Waals surface area contributed by atoms with E-state index in [0.717, 1.165) is 5.75 Å². The quantitative estimate of drug-likeness (QED) is 0.670. The molecule has 5 nitrogen and oxygen atoms in total. The molecule has 0 atom stereocenters. The van der Waals surface area contributed by atoms with Gasteiger partial charge < -0.3 is 20.5 Å². The Morgan fingerprint density at radius 3 is 2.89 bits per heavy atom. The number of thioether (sulfide) groups is 1. The van der Waals surface area contributed by atoms with Gasteiger partial charge in [0.1, 0.15) is 5.75 Å². The molecule has 0 aliphatic heterocycles. The van der Waals surface area contributed by atoms with Gasteiger partial charge in [0.15, 0.2) is 0 Å². The van der Waals surface area contributed by atoms with E-state index in [9.17, 15) is 4.79 Å². The number of ether oxygens (including phenoxy) is 2. The van der Waals surface area contributed by atoms with Crippen LogP contribution in [0.25, 0.3) is 0 Å². The molecular weight excluding hydrogens is 264 g/mol. The maximum Gasteiger partial charge on any atom is 0.234 e. The van der Waals surface area contributed by atoms with Gasteiger partial charge in [-0.05, 0) is 12.1 Å². The highest BCUT2D eigenvalue weighted by Gasteiger charge is 2.06. The summed E-state index contributed by atoms with van der Waals surface area (Å²) in [6, 6.07) is 7.33. The summed E-state index contributed by atoms with van der Waals surface area (Å²) in [5.74, 6) is 1.78. The standard InChI is InChI=1S/C13H20N2O3S/c1-17-12-5-3-2-4-11(12)15-13(16)10-19-9-8-18-7-6-14/h2-5H,6-10,14H2,1H3,(H,15,16). The van der Waals surface area contributed by atoms with Crippen molar-refractivity contribution in [3.63, 3.8) is 0 Å². The molecule has 106 valence electrons. The highest BCUT2D eigenvalue weighted by molar-refractivity contribution is 7.99. The van der Waals surface area contributed by atoms with Crippen LogP contribution in [0.15, 0.2) is 24.3 Å². The molecular formula is C13H20N2O3S. The molecule has 0 aliphatic rings. The molecule has 0 unspecified atom stereocenters. The second-order valence-electron chi connectivity index (χ2n) is 3.70. The van der Waals surface area contributed by atoms with Gasteiger partial charge in [-0.2, -0.15) is 0 Å². The van der Waals surface area contributed by atoms with Crippen molar-refractivity contribution in [3.8, 4) is 5.75 Å². The number of carbonyl (C=O) groups excluding carboxylic acids is 1. The predicted octanol–water partition coefficient (Wildman–Crippen LogP) is 1.34. The third kappa shape index (κ3) is 6.47. The van der Waals surface area contributed by atoms with E-state index >= 15 is 0 Å². The first-order chi connectivity index (χ1) is 9.27. The Morgan fingerprint density at radius 2 is 2.16 bits per heavy atom. The van der Waals surface area contributed by atoms with E-state index in [1.54, 1.807) is 7.11 Å². The molecule has 1 aromatic carbocycles. The number of rotatable bonds is 9. The van der Waals surface area contributed by atoms with E-state index in [4.69, 9.17) is 15.2 Å². The zero-order valence-electron chi connectivity index (χ0n) is 11.1. The summed E-state index contributed by atoms with van der Waals surface area (Å²) >= 11 is 1.53.